The van der Waals surface area contributed by atoms with E-state index in [2.05, 4.69) is 10.0 Å². The molecule has 4 rings (SSSR count). The predicted octanol–water partition coefficient (Wildman–Crippen LogP) is 7.59. The van der Waals surface area contributed by atoms with Crippen LogP contribution in [0.15, 0.2) is 84.2 Å². The number of halogens is 1. The van der Waals surface area contributed by atoms with Crippen molar-refractivity contribution in [2.24, 2.45) is 0 Å². The fraction of sp³-hybridized carbons (Fsp3) is 0.0800. The molecule has 0 fully saturated rings. The molecule has 0 radical (unpaired) electrons. The number of carbonyl (C=O) groups excluding carboxylic acids is 1. The molecule has 0 aliphatic rings. The van der Waals surface area contributed by atoms with Gasteiger partial charge in [-0.05, 0) is 46.8 Å². The molecule has 0 aliphatic heterocycles. The molecule has 0 unspecified atom stereocenters. The SMILES string of the molecule is CSNc1cc(Cl)cc(NC(=O)c2cc(-c3ccccc3OCc3ccccc3)cs2)c1. The molecule has 0 spiro atoms. The minimum absolute atomic E-state index is 0.179. The molecule has 0 aliphatic carbocycles. The molecular weight excluding hydrogens is 460 g/mol. The van der Waals surface area contributed by atoms with Crippen molar-refractivity contribution in [3.63, 3.8) is 0 Å². The Balaban J connectivity index is 1.50. The molecule has 4 nitrogen and oxygen atoms in total. The number of ether oxygens (including phenoxy) is 1. The van der Waals surface area contributed by atoms with E-state index in [-0.39, 0.29) is 5.91 Å². The highest BCUT2D eigenvalue weighted by Gasteiger charge is 2.14. The summed E-state index contributed by atoms with van der Waals surface area (Å²) in [6.45, 7) is 0.483. The largest absolute Gasteiger partial charge is 0.488 e. The Bertz CT molecular complexity index is 1210. The predicted molar refractivity (Wildman–Crippen MR) is 137 cm³/mol. The van der Waals surface area contributed by atoms with E-state index >= 15 is 0 Å². The van der Waals surface area contributed by atoms with Gasteiger partial charge in [0.25, 0.3) is 5.91 Å². The average molecular weight is 481 g/mol. The van der Waals surface area contributed by atoms with Crippen LogP contribution >= 0.6 is 34.9 Å². The third kappa shape index (κ3) is 5.65. The van der Waals surface area contributed by atoms with Crippen molar-refractivity contribution in [2.45, 2.75) is 6.61 Å². The monoisotopic (exact) mass is 480 g/mol. The summed E-state index contributed by atoms with van der Waals surface area (Å²) in [5, 5.41) is 5.45. The molecule has 4 aromatic rings. The number of hydrogen-bond donors (Lipinski definition) is 2. The van der Waals surface area contributed by atoms with Crippen molar-refractivity contribution in [2.75, 3.05) is 16.3 Å². The van der Waals surface area contributed by atoms with Crippen molar-refractivity contribution in [1.82, 2.24) is 0 Å². The van der Waals surface area contributed by atoms with Crippen LogP contribution in [0.2, 0.25) is 5.02 Å². The van der Waals surface area contributed by atoms with Crippen molar-refractivity contribution >= 4 is 52.2 Å². The molecular formula is C25H21ClN2O2S2. The Morgan fingerprint density at radius 1 is 1.00 bits per heavy atom. The van der Waals surface area contributed by atoms with Gasteiger partial charge in [0, 0.05) is 28.2 Å². The number of rotatable bonds is 8. The second-order valence-electron chi connectivity index (χ2n) is 6.96. The van der Waals surface area contributed by atoms with Crippen LogP contribution in [-0.2, 0) is 6.61 Å². The first kappa shape index (κ1) is 22.3. The lowest BCUT2D eigenvalue weighted by Gasteiger charge is -2.10. The molecule has 1 amide bonds. The van der Waals surface area contributed by atoms with Crippen LogP contribution < -0.4 is 14.8 Å². The normalized spacial score (nSPS) is 10.6. The summed E-state index contributed by atoms with van der Waals surface area (Å²) in [7, 11) is 0. The smallest absolute Gasteiger partial charge is 0.265 e. The van der Waals surface area contributed by atoms with Crippen LogP contribution in [0.4, 0.5) is 11.4 Å². The molecule has 0 atom stereocenters. The average Bonchev–Trinajstić information content (AvgIpc) is 3.29. The number of benzene rings is 3. The highest BCUT2D eigenvalue weighted by atomic mass is 35.5. The molecule has 0 saturated heterocycles. The van der Waals surface area contributed by atoms with E-state index in [9.17, 15) is 4.79 Å². The third-order valence-electron chi connectivity index (χ3n) is 4.63. The Morgan fingerprint density at radius 3 is 2.56 bits per heavy atom. The Kier molecular flexibility index (Phi) is 7.37. The number of para-hydroxylation sites is 1. The standard InChI is InChI=1S/C25H21ClN2O2S2/c1-31-28-21-13-19(26)12-20(14-21)27-25(29)24-11-18(16-32-24)22-9-5-6-10-23(22)30-15-17-7-3-2-4-8-17/h2-14,16,28H,15H2,1H3,(H,27,29). The number of anilines is 2. The third-order valence-corrected chi connectivity index (χ3v) is 6.22. The number of nitrogens with one attached hydrogen (secondary N) is 2. The summed E-state index contributed by atoms with van der Waals surface area (Å²) in [5.74, 6) is 0.602. The summed E-state index contributed by atoms with van der Waals surface area (Å²) >= 11 is 9.03. The number of amides is 1. The van der Waals surface area contributed by atoms with Crippen LogP contribution in [0, 0.1) is 0 Å². The minimum atomic E-state index is -0.179. The number of thiophene rings is 1. The molecule has 1 heterocycles. The van der Waals surface area contributed by atoms with E-state index < -0.39 is 0 Å². The topological polar surface area (TPSA) is 50.4 Å². The van der Waals surface area contributed by atoms with Crippen molar-refractivity contribution < 1.29 is 9.53 Å². The van der Waals surface area contributed by atoms with Crippen molar-refractivity contribution in [3.8, 4) is 16.9 Å². The molecule has 0 saturated carbocycles. The maximum atomic E-state index is 12.8. The molecule has 32 heavy (non-hydrogen) atoms. The van der Waals surface area contributed by atoms with Gasteiger partial charge in [-0.25, -0.2) is 0 Å². The first-order chi connectivity index (χ1) is 15.6. The lowest BCUT2D eigenvalue weighted by Crippen LogP contribution is -2.10. The quantitative estimate of drug-likeness (QED) is 0.255. The van der Waals surface area contributed by atoms with E-state index in [1.165, 1.54) is 23.3 Å². The summed E-state index contributed by atoms with van der Waals surface area (Å²) in [6, 6.07) is 25.2. The molecule has 1 aromatic heterocycles. The van der Waals surface area contributed by atoms with E-state index in [4.69, 9.17) is 16.3 Å². The van der Waals surface area contributed by atoms with Crippen LogP contribution in [-0.4, -0.2) is 12.2 Å². The Hall–Kier alpha value is -2.93. The van der Waals surface area contributed by atoms with E-state index in [1.54, 1.807) is 6.07 Å². The molecule has 7 heteroatoms. The molecule has 2 N–H and O–H groups in total. The first-order valence-electron chi connectivity index (χ1n) is 9.88. The zero-order chi connectivity index (χ0) is 22.3. The summed E-state index contributed by atoms with van der Waals surface area (Å²) < 4.78 is 9.20. The van der Waals surface area contributed by atoms with E-state index in [0.29, 0.717) is 22.2 Å². The van der Waals surface area contributed by atoms with Gasteiger partial charge in [-0.15, -0.1) is 11.3 Å². The lowest BCUT2D eigenvalue weighted by molar-refractivity contribution is 0.103. The van der Waals surface area contributed by atoms with E-state index in [1.807, 2.05) is 84.4 Å². The molecule has 162 valence electrons. The van der Waals surface area contributed by atoms with Gasteiger partial charge < -0.3 is 14.8 Å². The Labute approximate surface area is 200 Å². The number of hydrogen-bond acceptors (Lipinski definition) is 5. The molecule has 0 bridgehead atoms. The fourth-order valence-electron chi connectivity index (χ4n) is 3.19. The van der Waals surface area contributed by atoms with E-state index in [0.717, 1.165) is 28.1 Å². The first-order valence-corrected chi connectivity index (χ1v) is 12.4. The minimum Gasteiger partial charge on any atom is -0.488 e. The van der Waals surface area contributed by atoms with Crippen LogP contribution in [0.1, 0.15) is 15.2 Å². The summed E-state index contributed by atoms with van der Waals surface area (Å²) in [6.07, 6.45) is 1.92. The van der Waals surface area contributed by atoms with Gasteiger partial charge in [0.2, 0.25) is 0 Å². The zero-order valence-electron chi connectivity index (χ0n) is 17.3. The highest BCUT2D eigenvalue weighted by Crippen LogP contribution is 2.34. The summed E-state index contributed by atoms with van der Waals surface area (Å²) in [5.41, 5.74) is 4.47. The van der Waals surface area contributed by atoms with Gasteiger partial charge >= 0.3 is 0 Å². The van der Waals surface area contributed by atoms with Gasteiger partial charge in [0.05, 0.1) is 4.88 Å². The Morgan fingerprint density at radius 2 is 1.75 bits per heavy atom. The highest BCUT2D eigenvalue weighted by molar-refractivity contribution is 7.99. The van der Waals surface area contributed by atoms with Crippen LogP contribution in [0.3, 0.4) is 0 Å². The second-order valence-corrected chi connectivity index (χ2v) is 8.92. The molecule has 3 aromatic carbocycles. The van der Waals surface area contributed by atoms with Gasteiger partial charge in [0.1, 0.15) is 12.4 Å². The number of carbonyl (C=O) groups is 1. The van der Waals surface area contributed by atoms with Crippen LogP contribution in [0.5, 0.6) is 5.75 Å². The van der Waals surface area contributed by atoms with Gasteiger partial charge in [0.15, 0.2) is 0 Å². The maximum absolute atomic E-state index is 12.8. The lowest BCUT2D eigenvalue weighted by atomic mass is 10.1. The van der Waals surface area contributed by atoms with Crippen molar-refractivity contribution in [1.29, 1.82) is 0 Å². The van der Waals surface area contributed by atoms with Gasteiger partial charge in [-0.1, -0.05) is 72.1 Å². The zero-order valence-corrected chi connectivity index (χ0v) is 19.7. The van der Waals surface area contributed by atoms with Gasteiger partial charge in [-0.2, -0.15) is 0 Å². The maximum Gasteiger partial charge on any atom is 0.265 e. The second kappa shape index (κ2) is 10.6. The van der Waals surface area contributed by atoms with Crippen LogP contribution in [0.25, 0.3) is 11.1 Å². The van der Waals surface area contributed by atoms with Gasteiger partial charge in [-0.3, -0.25) is 4.79 Å². The van der Waals surface area contributed by atoms with Crippen molar-refractivity contribution in [3.05, 3.63) is 99.7 Å². The summed E-state index contributed by atoms with van der Waals surface area (Å²) in [4.78, 5) is 13.4. The fourth-order valence-corrected chi connectivity index (χ4v) is 4.58.